The van der Waals surface area contributed by atoms with Crippen molar-refractivity contribution in [2.45, 2.75) is 33.2 Å². The number of benzene rings is 1. The Morgan fingerprint density at radius 1 is 1.33 bits per heavy atom. The maximum atomic E-state index is 5.94. The highest BCUT2D eigenvalue weighted by molar-refractivity contribution is 5.79. The summed E-state index contributed by atoms with van der Waals surface area (Å²) in [5, 5.41) is 0. The number of anilines is 1. The Labute approximate surface area is 108 Å². The molecule has 18 heavy (non-hydrogen) atoms. The van der Waals surface area contributed by atoms with E-state index >= 15 is 0 Å². The van der Waals surface area contributed by atoms with Crippen molar-refractivity contribution in [3.63, 3.8) is 0 Å². The SMILES string of the molecule is CCCCOCCn1c(N)nc2ccc(C)cc21. The highest BCUT2D eigenvalue weighted by Crippen LogP contribution is 2.18. The molecule has 2 rings (SSSR count). The molecule has 0 spiro atoms. The number of hydrogen-bond donors (Lipinski definition) is 1. The second-order valence-electron chi connectivity index (χ2n) is 4.58. The normalized spacial score (nSPS) is 11.2. The second-order valence-corrected chi connectivity index (χ2v) is 4.58. The van der Waals surface area contributed by atoms with Gasteiger partial charge < -0.3 is 15.0 Å². The van der Waals surface area contributed by atoms with E-state index in [1.165, 1.54) is 5.56 Å². The predicted octanol–water partition coefficient (Wildman–Crippen LogP) is 2.74. The quantitative estimate of drug-likeness (QED) is 0.798. The molecule has 0 bridgehead atoms. The van der Waals surface area contributed by atoms with Crippen molar-refractivity contribution in [2.75, 3.05) is 18.9 Å². The summed E-state index contributed by atoms with van der Waals surface area (Å²) in [6, 6.07) is 6.18. The molecule has 4 nitrogen and oxygen atoms in total. The van der Waals surface area contributed by atoms with Gasteiger partial charge in [0.05, 0.1) is 17.6 Å². The van der Waals surface area contributed by atoms with Gasteiger partial charge in [-0.2, -0.15) is 0 Å². The van der Waals surface area contributed by atoms with Gasteiger partial charge in [-0.05, 0) is 31.0 Å². The third kappa shape index (κ3) is 2.82. The van der Waals surface area contributed by atoms with Gasteiger partial charge in [0.25, 0.3) is 0 Å². The Bertz CT molecular complexity index is 519. The molecule has 4 heteroatoms. The lowest BCUT2D eigenvalue weighted by atomic mass is 10.2. The molecule has 1 aromatic heterocycles. The lowest BCUT2D eigenvalue weighted by Crippen LogP contribution is -2.09. The molecular formula is C14H21N3O. The molecule has 0 radical (unpaired) electrons. The highest BCUT2D eigenvalue weighted by atomic mass is 16.5. The fraction of sp³-hybridized carbons (Fsp3) is 0.500. The number of hydrogen-bond acceptors (Lipinski definition) is 3. The lowest BCUT2D eigenvalue weighted by Gasteiger charge is -2.07. The molecule has 0 saturated carbocycles. The highest BCUT2D eigenvalue weighted by Gasteiger charge is 2.07. The minimum atomic E-state index is 0.565. The summed E-state index contributed by atoms with van der Waals surface area (Å²) in [4.78, 5) is 4.35. The smallest absolute Gasteiger partial charge is 0.201 e. The van der Waals surface area contributed by atoms with Crippen molar-refractivity contribution >= 4 is 17.0 Å². The monoisotopic (exact) mass is 247 g/mol. The number of nitrogens with zero attached hydrogens (tertiary/aromatic N) is 2. The Hall–Kier alpha value is -1.55. The molecule has 1 heterocycles. The summed E-state index contributed by atoms with van der Waals surface area (Å²) in [6.07, 6.45) is 2.27. The van der Waals surface area contributed by atoms with Crippen molar-refractivity contribution in [3.05, 3.63) is 23.8 Å². The van der Waals surface area contributed by atoms with Crippen LogP contribution in [0.5, 0.6) is 0 Å². The van der Waals surface area contributed by atoms with E-state index in [0.29, 0.717) is 12.6 Å². The molecule has 0 aliphatic carbocycles. The van der Waals surface area contributed by atoms with Gasteiger partial charge >= 0.3 is 0 Å². The number of nitrogens with two attached hydrogens (primary N) is 1. The molecule has 0 aliphatic rings. The first-order valence-electron chi connectivity index (χ1n) is 6.52. The maximum absolute atomic E-state index is 5.94. The maximum Gasteiger partial charge on any atom is 0.201 e. The summed E-state index contributed by atoms with van der Waals surface area (Å²) in [6.45, 7) is 6.50. The van der Waals surface area contributed by atoms with Gasteiger partial charge in [-0.25, -0.2) is 4.98 Å². The molecule has 98 valence electrons. The van der Waals surface area contributed by atoms with Crippen LogP contribution in [0.1, 0.15) is 25.3 Å². The van der Waals surface area contributed by atoms with Gasteiger partial charge in [0, 0.05) is 13.2 Å². The van der Waals surface area contributed by atoms with Crippen molar-refractivity contribution in [1.82, 2.24) is 9.55 Å². The second kappa shape index (κ2) is 5.87. The third-order valence-electron chi connectivity index (χ3n) is 3.03. The van der Waals surface area contributed by atoms with Gasteiger partial charge in [0.2, 0.25) is 5.95 Å². The van der Waals surface area contributed by atoms with Crippen LogP contribution >= 0.6 is 0 Å². The fourth-order valence-corrected chi connectivity index (χ4v) is 1.99. The van der Waals surface area contributed by atoms with Crippen LogP contribution in [0.15, 0.2) is 18.2 Å². The number of aryl methyl sites for hydroxylation is 1. The Morgan fingerprint density at radius 3 is 2.94 bits per heavy atom. The zero-order valence-corrected chi connectivity index (χ0v) is 11.1. The van der Waals surface area contributed by atoms with Crippen LogP contribution in [-0.2, 0) is 11.3 Å². The molecule has 2 aromatic rings. The zero-order valence-electron chi connectivity index (χ0n) is 11.1. The van der Waals surface area contributed by atoms with E-state index in [9.17, 15) is 0 Å². The van der Waals surface area contributed by atoms with Crippen LogP contribution in [0.4, 0.5) is 5.95 Å². The van der Waals surface area contributed by atoms with Crippen molar-refractivity contribution in [2.24, 2.45) is 0 Å². The molecule has 0 fully saturated rings. The first-order valence-corrected chi connectivity index (χ1v) is 6.52. The number of fused-ring (bicyclic) bond motifs is 1. The van der Waals surface area contributed by atoms with Gasteiger partial charge in [-0.1, -0.05) is 19.4 Å². The summed E-state index contributed by atoms with van der Waals surface area (Å²) < 4.78 is 7.60. The Kier molecular flexibility index (Phi) is 4.20. The van der Waals surface area contributed by atoms with E-state index in [2.05, 4.69) is 31.0 Å². The number of nitrogen functional groups attached to an aromatic ring is 1. The van der Waals surface area contributed by atoms with Crippen LogP contribution in [0.25, 0.3) is 11.0 Å². The molecule has 1 aromatic carbocycles. The van der Waals surface area contributed by atoms with E-state index in [1.54, 1.807) is 0 Å². The first kappa shape index (κ1) is 12.9. The van der Waals surface area contributed by atoms with E-state index in [1.807, 2.05) is 10.6 Å². The number of unbranched alkanes of at least 4 members (excludes halogenated alkanes) is 1. The fourth-order valence-electron chi connectivity index (χ4n) is 1.99. The molecule has 0 amide bonds. The van der Waals surface area contributed by atoms with E-state index < -0.39 is 0 Å². The number of imidazole rings is 1. The molecule has 0 atom stereocenters. The minimum Gasteiger partial charge on any atom is -0.380 e. The zero-order chi connectivity index (χ0) is 13.0. The van der Waals surface area contributed by atoms with Crippen molar-refractivity contribution in [1.29, 1.82) is 0 Å². The van der Waals surface area contributed by atoms with Crippen LogP contribution < -0.4 is 5.73 Å². The first-order chi connectivity index (χ1) is 8.72. The van der Waals surface area contributed by atoms with Gasteiger partial charge in [0.15, 0.2) is 0 Å². The van der Waals surface area contributed by atoms with Crippen LogP contribution in [0.3, 0.4) is 0 Å². The average molecular weight is 247 g/mol. The molecule has 0 saturated heterocycles. The Morgan fingerprint density at radius 2 is 2.17 bits per heavy atom. The topological polar surface area (TPSA) is 53.1 Å². The molecule has 2 N–H and O–H groups in total. The summed E-state index contributed by atoms with van der Waals surface area (Å²) in [5.41, 5.74) is 9.20. The lowest BCUT2D eigenvalue weighted by molar-refractivity contribution is 0.124. The number of aromatic nitrogens is 2. The van der Waals surface area contributed by atoms with Crippen molar-refractivity contribution < 1.29 is 4.74 Å². The Balaban J connectivity index is 2.07. The van der Waals surface area contributed by atoms with Crippen LogP contribution in [0.2, 0.25) is 0 Å². The largest absolute Gasteiger partial charge is 0.380 e. The van der Waals surface area contributed by atoms with Crippen LogP contribution in [0, 0.1) is 6.92 Å². The van der Waals surface area contributed by atoms with E-state index in [0.717, 1.165) is 37.0 Å². The van der Waals surface area contributed by atoms with Crippen LogP contribution in [-0.4, -0.2) is 22.8 Å². The van der Waals surface area contributed by atoms with E-state index in [-0.39, 0.29) is 0 Å². The van der Waals surface area contributed by atoms with Gasteiger partial charge in [0.1, 0.15) is 0 Å². The average Bonchev–Trinajstić information content (AvgIpc) is 2.65. The molecule has 0 unspecified atom stereocenters. The summed E-state index contributed by atoms with van der Waals surface area (Å²) in [7, 11) is 0. The van der Waals surface area contributed by atoms with Gasteiger partial charge in [-0.3, -0.25) is 0 Å². The van der Waals surface area contributed by atoms with Crippen molar-refractivity contribution in [3.8, 4) is 0 Å². The van der Waals surface area contributed by atoms with E-state index in [4.69, 9.17) is 10.5 Å². The number of rotatable bonds is 6. The molecule has 0 aliphatic heterocycles. The number of ether oxygens (including phenoxy) is 1. The third-order valence-corrected chi connectivity index (χ3v) is 3.03. The molecular weight excluding hydrogens is 226 g/mol. The predicted molar refractivity (Wildman–Crippen MR) is 74.6 cm³/mol. The summed E-state index contributed by atoms with van der Waals surface area (Å²) >= 11 is 0. The van der Waals surface area contributed by atoms with Gasteiger partial charge in [-0.15, -0.1) is 0 Å². The summed E-state index contributed by atoms with van der Waals surface area (Å²) in [5.74, 6) is 0.565. The minimum absolute atomic E-state index is 0.565. The standard InChI is InChI=1S/C14H21N3O/c1-3-4-8-18-9-7-17-13-10-11(2)5-6-12(13)16-14(17)15/h5-6,10H,3-4,7-9H2,1-2H3,(H2,15,16).